The first-order chi connectivity index (χ1) is 7.20. The normalized spacial score (nSPS) is 16.3. The van der Waals surface area contributed by atoms with Crippen LogP contribution in [0.3, 0.4) is 0 Å². The number of ether oxygens (including phenoxy) is 1. The summed E-state index contributed by atoms with van der Waals surface area (Å²) in [5, 5.41) is 2.70. The van der Waals surface area contributed by atoms with Crippen LogP contribution in [0.2, 0.25) is 0 Å². The maximum Gasteiger partial charge on any atom is 0.262 e. The van der Waals surface area contributed by atoms with Gasteiger partial charge in [-0.25, -0.2) is 4.98 Å². The number of amides is 1. The van der Waals surface area contributed by atoms with Gasteiger partial charge >= 0.3 is 0 Å². The van der Waals surface area contributed by atoms with Crippen LogP contribution in [0.15, 0.2) is 12.3 Å². The van der Waals surface area contributed by atoms with Gasteiger partial charge in [-0.15, -0.1) is 0 Å². The van der Waals surface area contributed by atoms with E-state index in [9.17, 15) is 4.79 Å². The van der Waals surface area contributed by atoms with Gasteiger partial charge in [0.05, 0.1) is 0 Å². The van der Waals surface area contributed by atoms with Crippen LogP contribution in [0.25, 0.3) is 0 Å². The van der Waals surface area contributed by atoms with Crippen molar-refractivity contribution in [1.82, 2.24) is 4.98 Å². The first-order valence-corrected chi connectivity index (χ1v) is 4.89. The fourth-order valence-corrected chi connectivity index (χ4v) is 1.43. The quantitative estimate of drug-likeness (QED) is 0.752. The van der Waals surface area contributed by atoms with Crippen LogP contribution in [0, 0.1) is 0 Å². The highest BCUT2D eigenvalue weighted by molar-refractivity contribution is 5.94. The second-order valence-electron chi connectivity index (χ2n) is 3.47. The molecule has 1 unspecified atom stereocenters. The molecule has 15 heavy (non-hydrogen) atoms. The fraction of sp³-hybridized carbons (Fsp3) is 0.400. The zero-order valence-corrected chi connectivity index (χ0v) is 8.49. The van der Waals surface area contributed by atoms with Gasteiger partial charge in [-0.3, -0.25) is 4.79 Å². The third-order valence-corrected chi connectivity index (χ3v) is 2.35. The molecule has 1 aromatic heterocycles. The van der Waals surface area contributed by atoms with Crippen molar-refractivity contribution in [2.75, 3.05) is 11.9 Å². The second kappa shape index (κ2) is 3.86. The lowest BCUT2D eigenvalue weighted by Crippen LogP contribution is -2.26. The van der Waals surface area contributed by atoms with Crippen molar-refractivity contribution in [3.05, 3.63) is 17.8 Å². The monoisotopic (exact) mass is 207 g/mol. The van der Waals surface area contributed by atoms with E-state index in [-0.39, 0.29) is 18.6 Å². The molecule has 0 fully saturated rings. The predicted octanol–water partition coefficient (Wildman–Crippen LogP) is 0.822. The molecule has 1 aliphatic heterocycles. The minimum Gasteiger partial charge on any atom is -0.466 e. The van der Waals surface area contributed by atoms with Crippen LogP contribution < -0.4 is 15.8 Å². The summed E-state index contributed by atoms with van der Waals surface area (Å²) in [7, 11) is 0. The third-order valence-electron chi connectivity index (χ3n) is 2.35. The van der Waals surface area contributed by atoms with E-state index >= 15 is 0 Å². The number of nitrogens with zero attached hydrogens (tertiary/aromatic N) is 1. The summed E-state index contributed by atoms with van der Waals surface area (Å²) >= 11 is 0. The maximum atomic E-state index is 11.1. The lowest BCUT2D eigenvalue weighted by atomic mass is 10.1. The molecule has 0 aromatic carbocycles. The van der Waals surface area contributed by atoms with Crippen molar-refractivity contribution >= 4 is 11.6 Å². The molecule has 80 valence electrons. The number of nitrogens with one attached hydrogen (secondary N) is 1. The predicted molar refractivity (Wildman–Crippen MR) is 55.6 cm³/mol. The molecule has 0 aliphatic carbocycles. The number of hydrogen-bond acceptors (Lipinski definition) is 4. The highest BCUT2D eigenvalue weighted by Crippen LogP contribution is 2.27. The molecule has 5 heteroatoms. The summed E-state index contributed by atoms with van der Waals surface area (Å²) in [6, 6.07) is 1.76. The SMILES string of the molecule is CCC(N)c1cnc2c(c1)NC(=O)CO2. The second-order valence-corrected chi connectivity index (χ2v) is 3.47. The Balaban J connectivity index is 2.32. The Hall–Kier alpha value is -1.62. The van der Waals surface area contributed by atoms with Gasteiger partial charge in [0.15, 0.2) is 6.61 Å². The van der Waals surface area contributed by atoms with Gasteiger partial charge in [0, 0.05) is 12.2 Å². The molecule has 2 rings (SSSR count). The van der Waals surface area contributed by atoms with Crippen molar-refractivity contribution in [1.29, 1.82) is 0 Å². The molecular weight excluding hydrogens is 194 g/mol. The molecule has 1 atom stereocenters. The molecule has 3 N–H and O–H groups in total. The van der Waals surface area contributed by atoms with Crippen molar-refractivity contribution in [3.8, 4) is 5.88 Å². The van der Waals surface area contributed by atoms with Gasteiger partial charge in [-0.05, 0) is 18.1 Å². The maximum absolute atomic E-state index is 11.1. The number of carbonyl (C=O) groups excluding carboxylic acids is 1. The number of pyridine rings is 1. The van der Waals surface area contributed by atoms with Crippen molar-refractivity contribution in [2.24, 2.45) is 5.73 Å². The molecule has 0 saturated carbocycles. The van der Waals surface area contributed by atoms with Crippen LogP contribution in [0.4, 0.5) is 5.69 Å². The zero-order valence-electron chi connectivity index (χ0n) is 8.49. The van der Waals surface area contributed by atoms with Gasteiger partial charge in [-0.1, -0.05) is 6.92 Å². The topological polar surface area (TPSA) is 77.2 Å². The Morgan fingerprint density at radius 2 is 2.53 bits per heavy atom. The van der Waals surface area contributed by atoms with E-state index < -0.39 is 0 Å². The molecule has 1 aromatic rings. The van der Waals surface area contributed by atoms with E-state index in [1.807, 2.05) is 13.0 Å². The Kier molecular flexibility index (Phi) is 2.55. The summed E-state index contributed by atoms with van der Waals surface area (Å²) in [6.45, 7) is 2.03. The van der Waals surface area contributed by atoms with E-state index in [4.69, 9.17) is 10.5 Å². The summed E-state index contributed by atoms with van der Waals surface area (Å²) in [5.41, 5.74) is 7.38. The van der Waals surface area contributed by atoms with Gasteiger partial charge in [0.2, 0.25) is 5.88 Å². The molecule has 0 radical (unpaired) electrons. The Bertz CT molecular complexity index is 392. The van der Waals surface area contributed by atoms with E-state index in [0.29, 0.717) is 11.6 Å². The number of nitrogens with two attached hydrogens (primary N) is 1. The van der Waals surface area contributed by atoms with Crippen LogP contribution in [0.1, 0.15) is 24.9 Å². The molecule has 0 saturated heterocycles. The summed E-state index contributed by atoms with van der Waals surface area (Å²) in [4.78, 5) is 15.2. The molecule has 0 bridgehead atoms. The van der Waals surface area contributed by atoms with E-state index in [2.05, 4.69) is 10.3 Å². The number of rotatable bonds is 2. The van der Waals surface area contributed by atoms with Crippen LogP contribution in [-0.2, 0) is 4.79 Å². The van der Waals surface area contributed by atoms with Crippen molar-refractivity contribution in [2.45, 2.75) is 19.4 Å². The van der Waals surface area contributed by atoms with Crippen molar-refractivity contribution < 1.29 is 9.53 Å². The minimum absolute atomic E-state index is 0.0270. The van der Waals surface area contributed by atoms with Gasteiger partial charge < -0.3 is 15.8 Å². The minimum atomic E-state index is -0.161. The smallest absolute Gasteiger partial charge is 0.262 e. The van der Waals surface area contributed by atoms with Gasteiger partial charge in [-0.2, -0.15) is 0 Å². The van der Waals surface area contributed by atoms with Gasteiger partial charge in [0.25, 0.3) is 5.91 Å². The average Bonchev–Trinajstić information content (AvgIpc) is 2.27. The largest absolute Gasteiger partial charge is 0.466 e. The lowest BCUT2D eigenvalue weighted by Gasteiger charge is -2.18. The Labute approximate surface area is 87.6 Å². The van der Waals surface area contributed by atoms with Crippen LogP contribution in [-0.4, -0.2) is 17.5 Å². The van der Waals surface area contributed by atoms with E-state index in [1.165, 1.54) is 0 Å². The molecule has 2 heterocycles. The van der Waals surface area contributed by atoms with E-state index in [0.717, 1.165) is 12.0 Å². The van der Waals surface area contributed by atoms with Crippen molar-refractivity contribution in [3.63, 3.8) is 0 Å². The Morgan fingerprint density at radius 1 is 1.73 bits per heavy atom. The number of fused-ring (bicyclic) bond motifs is 1. The summed E-state index contributed by atoms with van der Waals surface area (Å²) < 4.78 is 5.14. The molecule has 0 spiro atoms. The summed E-state index contributed by atoms with van der Waals surface area (Å²) in [6.07, 6.45) is 2.51. The molecule has 1 aliphatic rings. The van der Waals surface area contributed by atoms with Gasteiger partial charge in [0.1, 0.15) is 5.69 Å². The summed E-state index contributed by atoms with van der Waals surface area (Å²) in [5.74, 6) is 0.299. The van der Waals surface area contributed by atoms with E-state index in [1.54, 1.807) is 6.20 Å². The highest BCUT2D eigenvalue weighted by Gasteiger charge is 2.18. The Morgan fingerprint density at radius 3 is 3.27 bits per heavy atom. The third kappa shape index (κ3) is 1.92. The first-order valence-electron chi connectivity index (χ1n) is 4.89. The standard InChI is InChI=1S/C10H13N3O2/c1-2-7(11)6-3-8-10(12-4-6)15-5-9(14)13-8/h3-4,7H,2,5,11H2,1H3,(H,13,14). The lowest BCUT2D eigenvalue weighted by molar-refractivity contribution is -0.118. The van der Waals surface area contributed by atoms with Crippen LogP contribution >= 0.6 is 0 Å². The zero-order chi connectivity index (χ0) is 10.8. The highest BCUT2D eigenvalue weighted by atomic mass is 16.5. The number of aromatic nitrogens is 1. The number of carbonyl (C=O) groups is 1. The number of hydrogen-bond donors (Lipinski definition) is 2. The molecule has 5 nitrogen and oxygen atoms in total. The van der Waals surface area contributed by atoms with Crippen LogP contribution in [0.5, 0.6) is 5.88 Å². The fourth-order valence-electron chi connectivity index (χ4n) is 1.43. The number of anilines is 1. The molecular formula is C10H13N3O2. The molecule has 1 amide bonds. The average molecular weight is 207 g/mol. The first kappa shape index (κ1) is 9.92.